The fourth-order valence-corrected chi connectivity index (χ4v) is 7.29. The van der Waals surface area contributed by atoms with Gasteiger partial charge in [-0.1, -0.05) is 49.7 Å². The molecule has 4 N–H and O–H groups in total. The van der Waals surface area contributed by atoms with E-state index in [9.17, 15) is 40.3 Å². The lowest BCUT2D eigenvalue weighted by Crippen LogP contribution is -2.43. The third-order valence-electron chi connectivity index (χ3n) is 6.22. The number of benzene rings is 2. The number of nitrogens with zero attached hydrogens (tertiary/aromatic N) is 2. The Morgan fingerprint density at radius 3 is 2.45 bits per heavy atom. The van der Waals surface area contributed by atoms with Crippen molar-refractivity contribution in [3.63, 3.8) is 0 Å². The predicted molar refractivity (Wildman–Crippen MR) is 140 cm³/mol. The molecule has 4 rings (SSSR count). The van der Waals surface area contributed by atoms with Crippen LogP contribution in [0.25, 0.3) is 11.0 Å². The van der Waals surface area contributed by atoms with Crippen molar-refractivity contribution in [1.29, 1.82) is 0 Å². The first kappa shape index (κ1) is 29.8. The Morgan fingerprint density at radius 2 is 1.88 bits per heavy atom. The Bertz CT molecular complexity index is 1460. The van der Waals surface area contributed by atoms with Gasteiger partial charge in [-0.25, -0.2) is 18.2 Å². The first-order valence-electron chi connectivity index (χ1n) is 12.1. The number of imidazole rings is 1. The summed E-state index contributed by atoms with van der Waals surface area (Å²) in [4.78, 5) is 35.3. The highest BCUT2D eigenvalue weighted by Gasteiger charge is 2.47. The Labute approximate surface area is 229 Å². The molecular formula is C24H27F3N4O7S2. The molecule has 218 valence electrons. The Kier molecular flexibility index (Phi) is 8.46. The van der Waals surface area contributed by atoms with E-state index >= 15 is 0 Å². The van der Waals surface area contributed by atoms with Crippen LogP contribution in [-0.4, -0.2) is 55.8 Å². The first-order chi connectivity index (χ1) is 18.7. The van der Waals surface area contributed by atoms with Crippen molar-refractivity contribution >= 4 is 43.7 Å². The van der Waals surface area contributed by atoms with Crippen molar-refractivity contribution in [1.82, 2.24) is 19.2 Å². The molecule has 16 heteroatoms. The number of hydrogen-bond acceptors (Lipinski definition) is 8. The molecule has 11 nitrogen and oxygen atoms in total. The second-order valence-corrected chi connectivity index (χ2v) is 13.1. The summed E-state index contributed by atoms with van der Waals surface area (Å²) < 4.78 is 88.7. The monoisotopic (exact) mass is 604 g/mol. The molecule has 0 radical (unpaired) electrons. The van der Waals surface area contributed by atoms with E-state index < -0.39 is 55.9 Å². The lowest BCUT2D eigenvalue weighted by molar-refractivity contribution is -0.227. The van der Waals surface area contributed by atoms with Crippen molar-refractivity contribution in [2.75, 3.05) is 5.75 Å². The number of hydroxylamine groups is 1. The van der Waals surface area contributed by atoms with Gasteiger partial charge in [-0.2, -0.15) is 13.2 Å². The molecule has 3 aromatic rings. The summed E-state index contributed by atoms with van der Waals surface area (Å²) in [5.74, 6) is -3.86. The molecular weight excluding hydrogens is 577 g/mol. The van der Waals surface area contributed by atoms with Crippen LogP contribution >= 0.6 is 10.8 Å². The minimum absolute atomic E-state index is 0.0555. The molecule has 1 aliphatic rings. The molecule has 1 unspecified atom stereocenters. The van der Waals surface area contributed by atoms with Crippen LogP contribution in [0.4, 0.5) is 13.2 Å². The standard InChI is InChI=1S/C24H27F3N4O7S2/c1-2-3-12-39(34,35)31(38-23(33)24(25,26)27)19(22-28-17-6-4-5-7-18(17)29-22)13-15-8-10-16(11-9-15)20-14-21(32)30-40(20,36)37/h4-11,19-20,36-37H,2-3,12-14H2,1H3,(H,28,29)(H,30,32)/t19-,20?/m0/s1. The SMILES string of the molecule is CCCCS(=O)(=O)N(OC(=O)C(F)(F)F)[C@@H](Cc1ccc(C2CC(=O)NS2(O)O)cc1)c1nc2ccccc2[nH]1. The largest absolute Gasteiger partial charge is 0.492 e. The van der Waals surface area contributed by atoms with E-state index in [0.29, 0.717) is 28.6 Å². The van der Waals surface area contributed by atoms with Gasteiger partial charge in [-0.05, 0) is 40.6 Å². The molecule has 0 saturated carbocycles. The van der Waals surface area contributed by atoms with Gasteiger partial charge in [0.25, 0.3) is 0 Å². The summed E-state index contributed by atoms with van der Waals surface area (Å²) in [6.45, 7) is 1.70. The van der Waals surface area contributed by atoms with E-state index in [1.807, 2.05) is 0 Å². The van der Waals surface area contributed by atoms with E-state index in [-0.39, 0.29) is 29.6 Å². The molecule has 1 aliphatic heterocycles. The lowest BCUT2D eigenvalue weighted by Gasteiger charge is -2.33. The third kappa shape index (κ3) is 6.58. The summed E-state index contributed by atoms with van der Waals surface area (Å²) in [5, 5.41) is -0.904. The minimum atomic E-state index is -5.46. The van der Waals surface area contributed by atoms with Crippen molar-refractivity contribution in [2.45, 2.75) is 50.1 Å². The van der Waals surface area contributed by atoms with Gasteiger partial charge in [0.05, 0.1) is 23.2 Å². The average molecular weight is 605 g/mol. The molecule has 0 spiro atoms. The molecule has 2 aromatic carbocycles. The molecule has 1 amide bonds. The van der Waals surface area contributed by atoms with E-state index in [1.54, 1.807) is 31.2 Å². The smallest absolute Gasteiger partial charge is 0.345 e. The zero-order chi connectivity index (χ0) is 29.3. The second kappa shape index (κ2) is 11.4. The molecule has 2 atom stereocenters. The van der Waals surface area contributed by atoms with Crippen molar-refractivity contribution in [2.24, 2.45) is 0 Å². The third-order valence-corrected chi connectivity index (χ3v) is 9.67. The molecule has 0 bridgehead atoms. The molecule has 1 aromatic heterocycles. The highest BCUT2D eigenvalue weighted by atomic mass is 32.3. The number of hydrogen-bond donors (Lipinski definition) is 4. The number of nitrogens with one attached hydrogen (secondary N) is 2. The highest BCUT2D eigenvalue weighted by Crippen LogP contribution is 2.56. The first-order valence-corrected chi connectivity index (χ1v) is 15.4. The van der Waals surface area contributed by atoms with Crippen LogP contribution < -0.4 is 4.72 Å². The quantitative estimate of drug-likeness (QED) is 0.246. The van der Waals surface area contributed by atoms with Gasteiger partial charge < -0.3 is 9.82 Å². The Hall–Kier alpha value is -3.18. The summed E-state index contributed by atoms with van der Waals surface area (Å²) in [5.41, 5.74) is 1.71. The number of para-hydroxylation sites is 2. The molecule has 40 heavy (non-hydrogen) atoms. The zero-order valence-corrected chi connectivity index (χ0v) is 22.7. The van der Waals surface area contributed by atoms with Gasteiger partial charge in [0.2, 0.25) is 15.9 Å². The minimum Gasteiger partial charge on any atom is -0.345 e. The number of halogens is 3. The van der Waals surface area contributed by atoms with Crippen LogP contribution in [-0.2, 0) is 30.9 Å². The number of aromatic nitrogens is 2. The summed E-state index contributed by atoms with van der Waals surface area (Å²) in [6, 6.07) is 11.1. The number of sulfonamides is 1. The second-order valence-electron chi connectivity index (χ2n) is 9.21. The zero-order valence-electron chi connectivity index (χ0n) is 21.1. The summed E-state index contributed by atoms with van der Waals surface area (Å²) in [6.07, 6.45) is -5.37. The summed E-state index contributed by atoms with van der Waals surface area (Å²) >= 11 is 0. The highest BCUT2D eigenvalue weighted by molar-refractivity contribution is 8.23. The van der Waals surface area contributed by atoms with Gasteiger partial charge in [-0.3, -0.25) is 18.6 Å². The number of carbonyl (C=O) groups is 2. The number of unbranched alkanes of at least 4 members (excludes halogenated alkanes) is 1. The molecule has 0 aliphatic carbocycles. The normalized spacial score (nSPS) is 19.0. The van der Waals surface area contributed by atoms with Gasteiger partial charge >= 0.3 is 12.1 Å². The number of carbonyl (C=O) groups excluding carboxylic acids is 2. The van der Waals surface area contributed by atoms with Crippen molar-refractivity contribution in [3.8, 4) is 0 Å². The maximum atomic E-state index is 13.3. The number of aromatic amines is 1. The maximum Gasteiger partial charge on any atom is 0.492 e. The Balaban J connectivity index is 1.75. The fraction of sp³-hybridized carbons (Fsp3) is 0.375. The van der Waals surface area contributed by atoms with Gasteiger partial charge in [0.15, 0.2) is 0 Å². The molecule has 2 heterocycles. The van der Waals surface area contributed by atoms with Crippen molar-refractivity contribution in [3.05, 3.63) is 65.5 Å². The number of rotatable bonds is 10. The van der Waals surface area contributed by atoms with Crippen LogP contribution in [0.1, 0.15) is 54.4 Å². The van der Waals surface area contributed by atoms with Gasteiger partial charge in [0, 0.05) is 0 Å². The van der Waals surface area contributed by atoms with E-state index in [1.165, 1.54) is 24.3 Å². The fourth-order valence-electron chi connectivity index (χ4n) is 4.23. The Morgan fingerprint density at radius 1 is 1.20 bits per heavy atom. The molecule has 1 fully saturated rings. The predicted octanol–water partition coefficient (Wildman–Crippen LogP) is 4.53. The van der Waals surface area contributed by atoms with Crippen LogP contribution in [0.5, 0.6) is 0 Å². The number of fused-ring (bicyclic) bond motifs is 1. The summed E-state index contributed by atoms with van der Waals surface area (Å²) in [7, 11) is -7.98. The average Bonchev–Trinajstić information content (AvgIpc) is 3.43. The number of amides is 1. The maximum absolute atomic E-state index is 13.3. The van der Waals surface area contributed by atoms with Crippen LogP contribution in [0, 0.1) is 0 Å². The topological polar surface area (TPSA) is 162 Å². The van der Waals surface area contributed by atoms with E-state index in [2.05, 4.69) is 19.5 Å². The van der Waals surface area contributed by atoms with E-state index in [0.717, 1.165) is 0 Å². The van der Waals surface area contributed by atoms with Gasteiger partial charge in [-0.15, -0.1) is 10.8 Å². The van der Waals surface area contributed by atoms with Crippen LogP contribution in [0.3, 0.4) is 0 Å². The van der Waals surface area contributed by atoms with Crippen LogP contribution in [0.15, 0.2) is 48.5 Å². The lowest BCUT2D eigenvalue weighted by atomic mass is 10.0. The molecule has 1 saturated heterocycles. The number of alkyl halides is 3. The number of H-pyrrole nitrogens is 1. The van der Waals surface area contributed by atoms with Gasteiger partial charge in [0.1, 0.15) is 17.1 Å². The van der Waals surface area contributed by atoms with Crippen LogP contribution in [0.2, 0.25) is 0 Å². The van der Waals surface area contributed by atoms with Crippen molar-refractivity contribution < 1.29 is 45.1 Å². The van der Waals surface area contributed by atoms with E-state index in [4.69, 9.17) is 0 Å².